The zero-order valence-corrected chi connectivity index (χ0v) is 66.9. The van der Waals surface area contributed by atoms with Gasteiger partial charge in [-0.25, -0.2) is 9.13 Å². The summed E-state index contributed by atoms with van der Waals surface area (Å²) in [5.41, 5.74) is 0. The summed E-state index contributed by atoms with van der Waals surface area (Å²) in [5, 5.41) is 10.6. The SMILES string of the molecule is CCC(C)CCCCCCCCCCCCC(=O)O[C@H](COC(=O)CCCCCCCCC(C)CC)COP(=O)(O)OC[C@H](O)COP(=O)(O)OC[C@@H](COC(=O)CCCCCCCCCCCCCCCCCCCCC(C)C)OC(=O)CCCCCCCCCCCCCC(C)C. The number of hydrogen-bond acceptors (Lipinski definition) is 15. The van der Waals surface area contributed by atoms with Crippen LogP contribution in [0, 0.1) is 23.7 Å². The fourth-order valence-electron chi connectivity index (χ4n) is 12.2. The highest BCUT2D eigenvalue weighted by molar-refractivity contribution is 7.47. The lowest BCUT2D eigenvalue weighted by atomic mass is 9.99. The number of esters is 4. The Balaban J connectivity index is 5.21. The molecule has 0 saturated heterocycles. The van der Waals surface area contributed by atoms with Gasteiger partial charge in [0.2, 0.25) is 0 Å². The van der Waals surface area contributed by atoms with Crippen LogP contribution in [0.25, 0.3) is 0 Å². The fourth-order valence-corrected chi connectivity index (χ4v) is 13.8. The van der Waals surface area contributed by atoms with Crippen molar-refractivity contribution in [3.63, 3.8) is 0 Å². The average molecular weight is 1450 g/mol. The molecule has 7 atom stereocenters. The average Bonchev–Trinajstić information content (AvgIpc) is 1.01. The Hall–Kier alpha value is -1.94. The van der Waals surface area contributed by atoms with E-state index in [0.29, 0.717) is 25.7 Å². The molecule has 588 valence electrons. The lowest BCUT2D eigenvalue weighted by Gasteiger charge is -2.21. The van der Waals surface area contributed by atoms with Gasteiger partial charge in [0.1, 0.15) is 19.3 Å². The third-order valence-corrected chi connectivity index (χ3v) is 21.2. The molecule has 4 unspecified atom stereocenters. The molecule has 0 spiro atoms. The summed E-state index contributed by atoms with van der Waals surface area (Å²) in [4.78, 5) is 73.0. The van der Waals surface area contributed by atoms with Crippen molar-refractivity contribution in [2.45, 2.75) is 427 Å². The number of ether oxygens (including phenoxy) is 4. The molecule has 99 heavy (non-hydrogen) atoms. The van der Waals surface area contributed by atoms with Gasteiger partial charge in [0.05, 0.1) is 26.4 Å². The summed E-state index contributed by atoms with van der Waals surface area (Å²) in [6, 6.07) is 0. The number of phosphoric ester groups is 2. The largest absolute Gasteiger partial charge is 0.472 e. The molecule has 0 aliphatic rings. The molecule has 0 aliphatic heterocycles. The van der Waals surface area contributed by atoms with Gasteiger partial charge in [-0.1, -0.05) is 357 Å². The zero-order chi connectivity index (χ0) is 73.1. The monoisotopic (exact) mass is 1450 g/mol. The van der Waals surface area contributed by atoms with Gasteiger partial charge in [-0.15, -0.1) is 0 Å². The third-order valence-electron chi connectivity index (χ3n) is 19.3. The van der Waals surface area contributed by atoms with Crippen LogP contribution < -0.4 is 0 Å². The molecule has 19 heteroatoms. The predicted molar refractivity (Wildman–Crippen MR) is 404 cm³/mol. The Kier molecular flexibility index (Phi) is 67.8. The molecule has 0 bridgehead atoms. The Morgan fingerprint density at radius 2 is 0.485 bits per heavy atom. The number of aliphatic hydroxyl groups is 1. The maximum Gasteiger partial charge on any atom is 0.472 e. The van der Waals surface area contributed by atoms with Crippen LogP contribution in [0.2, 0.25) is 0 Å². The minimum Gasteiger partial charge on any atom is -0.462 e. The van der Waals surface area contributed by atoms with E-state index in [9.17, 15) is 43.2 Å². The van der Waals surface area contributed by atoms with E-state index in [1.807, 2.05) is 0 Å². The van der Waals surface area contributed by atoms with Crippen molar-refractivity contribution in [2.24, 2.45) is 23.7 Å². The van der Waals surface area contributed by atoms with E-state index < -0.39 is 97.5 Å². The summed E-state index contributed by atoms with van der Waals surface area (Å²) in [7, 11) is -9.92. The van der Waals surface area contributed by atoms with Crippen molar-refractivity contribution >= 4 is 39.5 Å². The topological polar surface area (TPSA) is 237 Å². The summed E-state index contributed by atoms with van der Waals surface area (Å²) < 4.78 is 68.7. The van der Waals surface area contributed by atoms with Crippen LogP contribution >= 0.6 is 15.6 Å². The summed E-state index contributed by atoms with van der Waals surface area (Å²) in [6.07, 6.45) is 55.5. The van der Waals surface area contributed by atoms with Gasteiger partial charge < -0.3 is 33.8 Å². The first kappa shape index (κ1) is 97.1. The molecule has 0 aliphatic carbocycles. The van der Waals surface area contributed by atoms with E-state index in [1.165, 1.54) is 205 Å². The minimum atomic E-state index is -4.96. The van der Waals surface area contributed by atoms with Crippen molar-refractivity contribution in [3.8, 4) is 0 Å². The first-order valence-electron chi connectivity index (χ1n) is 41.3. The van der Waals surface area contributed by atoms with Crippen LogP contribution in [0.15, 0.2) is 0 Å². The molecule has 0 aromatic heterocycles. The predicted octanol–water partition coefficient (Wildman–Crippen LogP) is 23.6. The van der Waals surface area contributed by atoms with Crippen molar-refractivity contribution < 1.29 is 80.2 Å². The van der Waals surface area contributed by atoms with Crippen molar-refractivity contribution in [3.05, 3.63) is 0 Å². The maximum absolute atomic E-state index is 13.1. The Morgan fingerprint density at radius 1 is 0.283 bits per heavy atom. The normalized spacial score (nSPS) is 14.6. The van der Waals surface area contributed by atoms with Gasteiger partial charge in [-0.05, 0) is 49.4 Å². The number of phosphoric acid groups is 2. The Bertz CT molecular complexity index is 1940. The summed E-state index contributed by atoms with van der Waals surface area (Å²) in [6.45, 7) is 14.3. The van der Waals surface area contributed by atoms with Gasteiger partial charge >= 0.3 is 39.5 Å². The number of unbranched alkanes of at least 4 members (excludes halogenated alkanes) is 41. The van der Waals surface area contributed by atoms with Crippen LogP contribution in [0.1, 0.15) is 409 Å². The molecule has 0 amide bonds. The summed E-state index contributed by atoms with van der Waals surface area (Å²) >= 11 is 0. The van der Waals surface area contributed by atoms with Gasteiger partial charge in [0, 0.05) is 25.7 Å². The molecular formula is C80H156O17P2. The van der Waals surface area contributed by atoms with Crippen LogP contribution in [0.5, 0.6) is 0 Å². The molecule has 0 rings (SSSR count). The maximum atomic E-state index is 13.1. The number of carbonyl (C=O) groups is 4. The standard InChI is InChI=1S/C80H156O17P2/c1-9-72(7)58-50-42-34-28-24-25-31-37-47-55-63-80(85)97-76(67-91-78(83)61-53-45-39-38-43-51-59-73(8)10-2)69-95-99(88,89)93-65-74(81)64-92-98(86,87)94-68-75(96-79(84)62-54-46-36-30-23-19-21-27-33-41-49-57-71(5)6)66-90-77(82)60-52-44-35-29-22-18-16-14-12-11-13-15-17-20-26-32-40-48-56-70(3)4/h70-76,81H,9-69H2,1-8H3,(H,86,87)(H,88,89)/t72?,73?,74-,75-,76-/m1/s1. The quantitative estimate of drug-likeness (QED) is 0.0222. The zero-order valence-electron chi connectivity index (χ0n) is 65.1. The second-order valence-corrected chi connectivity index (χ2v) is 33.1. The van der Waals surface area contributed by atoms with E-state index in [-0.39, 0.29) is 25.7 Å². The molecule has 0 radical (unpaired) electrons. The van der Waals surface area contributed by atoms with E-state index in [4.69, 9.17) is 37.0 Å². The molecule has 0 heterocycles. The van der Waals surface area contributed by atoms with Crippen molar-refractivity contribution in [2.75, 3.05) is 39.6 Å². The second-order valence-electron chi connectivity index (χ2n) is 30.2. The van der Waals surface area contributed by atoms with Crippen LogP contribution in [0.3, 0.4) is 0 Å². The Morgan fingerprint density at radius 3 is 0.717 bits per heavy atom. The van der Waals surface area contributed by atoms with Crippen LogP contribution in [0.4, 0.5) is 0 Å². The van der Waals surface area contributed by atoms with E-state index in [1.54, 1.807) is 0 Å². The molecular weight excluding hydrogens is 1290 g/mol. The van der Waals surface area contributed by atoms with Gasteiger partial charge in [0.25, 0.3) is 0 Å². The van der Waals surface area contributed by atoms with Crippen LogP contribution in [-0.2, 0) is 65.4 Å². The lowest BCUT2D eigenvalue weighted by molar-refractivity contribution is -0.161. The third kappa shape index (κ3) is 71.5. The number of aliphatic hydroxyl groups excluding tert-OH is 1. The van der Waals surface area contributed by atoms with Crippen molar-refractivity contribution in [1.29, 1.82) is 0 Å². The molecule has 0 fully saturated rings. The lowest BCUT2D eigenvalue weighted by Crippen LogP contribution is -2.30. The highest BCUT2D eigenvalue weighted by Gasteiger charge is 2.30. The molecule has 3 N–H and O–H groups in total. The highest BCUT2D eigenvalue weighted by Crippen LogP contribution is 2.45. The molecule has 0 aromatic rings. The van der Waals surface area contributed by atoms with Crippen molar-refractivity contribution in [1.82, 2.24) is 0 Å². The van der Waals surface area contributed by atoms with Crippen LogP contribution in [-0.4, -0.2) is 96.7 Å². The molecule has 0 aromatic carbocycles. The Labute approximate surface area is 607 Å². The molecule has 0 saturated carbocycles. The fraction of sp³-hybridized carbons (Fsp3) is 0.950. The van der Waals surface area contributed by atoms with Gasteiger partial charge in [0.15, 0.2) is 12.2 Å². The highest BCUT2D eigenvalue weighted by atomic mass is 31.2. The van der Waals surface area contributed by atoms with E-state index in [0.717, 1.165) is 120 Å². The second kappa shape index (κ2) is 69.1. The minimum absolute atomic E-state index is 0.105. The number of carbonyl (C=O) groups excluding carboxylic acids is 4. The van der Waals surface area contributed by atoms with E-state index in [2.05, 4.69) is 55.4 Å². The first-order chi connectivity index (χ1) is 47.7. The molecule has 17 nitrogen and oxygen atoms in total. The van der Waals surface area contributed by atoms with Gasteiger partial charge in [-0.3, -0.25) is 37.3 Å². The van der Waals surface area contributed by atoms with E-state index >= 15 is 0 Å². The number of rotatable bonds is 77. The smallest absolute Gasteiger partial charge is 0.462 e. The first-order valence-corrected chi connectivity index (χ1v) is 44.3. The van der Waals surface area contributed by atoms with Gasteiger partial charge in [-0.2, -0.15) is 0 Å². The summed E-state index contributed by atoms with van der Waals surface area (Å²) in [5.74, 6) is 1.00. The number of hydrogen-bond donors (Lipinski definition) is 3.